The van der Waals surface area contributed by atoms with Crippen LogP contribution in [-0.4, -0.2) is 74.2 Å². The van der Waals surface area contributed by atoms with Gasteiger partial charge in [0.2, 0.25) is 0 Å². The lowest BCUT2D eigenvalue weighted by Gasteiger charge is -2.32. The minimum absolute atomic E-state index is 0.0576. The van der Waals surface area contributed by atoms with Crippen molar-refractivity contribution in [3.63, 3.8) is 0 Å². The lowest BCUT2D eigenvalue weighted by molar-refractivity contribution is 0.0768. The zero-order valence-corrected chi connectivity index (χ0v) is 16.8. The Morgan fingerprint density at radius 1 is 0.931 bits per heavy atom. The van der Waals surface area contributed by atoms with Crippen LogP contribution >= 0.6 is 0 Å². The Labute approximate surface area is 172 Å². The van der Waals surface area contributed by atoms with Gasteiger partial charge in [0.25, 0.3) is 5.91 Å². The van der Waals surface area contributed by atoms with Gasteiger partial charge >= 0.3 is 0 Å². The quantitative estimate of drug-likeness (QED) is 0.729. The van der Waals surface area contributed by atoms with Crippen molar-refractivity contribution in [3.8, 4) is 11.5 Å². The third kappa shape index (κ3) is 5.08. The molecule has 2 heterocycles. The van der Waals surface area contributed by atoms with Gasteiger partial charge in [0.05, 0.1) is 5.56 Å². The number of likely N-dealkylation sites (tertiary alicyclic amines) is 1. The molecule has 2 saturated heterocycles. The molecule has 0 aromatic heterocycles. The monoisotopic (exact) mass is 395 g/mol. The molecule has 1 N–H and O–H groups in total. The molecule has 2 fully saturated rings. The largest absolute Gasteiger partial charge is 0.490 e. The molecule has 1 atom stereocenters. The standard InChI is InChI=1S/C23H29N3O3/c27-23(26-13-10-19(18-26)25-14-11-24-12-15-25)21-8-4-5-9-22(21)29-17-16-28-20-6-2-1-3-7-20/h1-9,19,24H,10-18H2. The van der Waals surface area contributed by atoms with Crippen molar-refractivity contribution >= 4 is 5.91 Å². The van der Waals surface area contributed by atoms with Crippen molar-refractivity contribution in [2.75, 3.05) is 52.5 Å². The minimum Gasteiger partial charge on any atom is -0.490 e. The van der Waals surface area contributed by atoms with E-state index >= 15 is 0 Å². The summed E-state index contributed by atoms with van der Waals surface area (Å²) in [5, 5.41) is 3.39. The Kier molecular flexibility index (Phi) is 6.64. The second kappa shape index (κ2) is 9.76. The first-order valence-electron chi connectivity index (χ1n) is 10.4. The summed E-state index contributed by atoms with van der Waals surface area (Å²) in [5.74, 6) is 1.50. The first kappa shape index (κ1) is 19.7. The normalized spacial score (nSPS) is 19.9. The topological polar surface area (TPSA) is 54.0 Å². The number of nitrogens with one attached hydrogen (secondary N) is 1. The van der Waals surface area contributed by atoms with E-state index in [9.17, 15) is 4.79 Å². The number of ether oxygens (including phenoxy) is 2. The zero-order chi connectivity index (χ0) is 19.9. The van der Waals surface area contributed by atoms with E-state index in [4.69, 9.17) is 9.47 Å². The van der Waals surface area contributed by atoms with Crippen LogP contribution in [0.25, 0.3) is 0 Å². The van der Waals surface area contributed by atoms with E-state index in [1.54, 1.807) is 0 Å². The van der Waals surface area contributed by atoms with Crippen LogP contribution in [-0.2, 0) is 0 Å². The Morgan fingerprint density at radius 3 is 2.48 bits per heavy atom. The van der Waals surface area contributed by atoms with Gasteiger partial charge in [0.15, 0.2) is 0 Å². The highest BCUT2D eigenvalue weighted by Crippen LogP contribution is 2.24. The van der Waals surface area contributed by atoms with E-state index < -0.39 is 0 Å². The Morgan fingerprint density at radius 2 is 1.66 bits per heavy atom. The first-order chi connectivity index (χ1) is 14.3. The van der Waals surface area contributed by atoms with Crippen LogP contribution < -0.4 is 14.8 Å². The first-order valence-corrected chi connectivity index (χ1v) is 10.4. The zero-order valence-electron chi connectivity index (χ0n) is 16.8. The van der Waals surface area contributed by atoms with Crippen LogP contribution in [0.3, 0.4) is 0 Å². The molecule has 6 nitrogen and oxygen atoms in total. The fourth-order valence-corrected chi connectivity index (χ4v) is 4.04. The summed E-state index contributed by atoms with van der Waals surface area (Å²) in [4.78, 5) is 17.6. The van der Waals surface area contributed by atoms with Gasteiger partial charge < -0.3 is 19.7 Å². The maximum atomic E-state index is 13.1. The summed E-state index contributed by atoms with van der Waals surface area (Å²) in [6.07, 6.45) is 1.04. The van der Waals surface area contributed by atoms with Gasteiger partial charge in [-0.15, -0.1) is 0 Å². The van der Waals surface area contributed by atoms with E-state index in [1.165, 1.54) is 0 Å². The summed E-state index contributed by atoms with van der Waals surface area (Å²) in [6.45, 7) is 6.62. The smallest absolute Gasteiger partial charge is 0.257 e. The number of amides is 1. The lowest BCUT2D eigenvalue weighted by atomic mass is 10.1. The number of carbonyl (C=O) groups is 1. The number of carbonyl (C=O) groups excluding carboxylic acids is 1. The fraction of sp³-hybridized carbons (Fsp3) is 0.435. The van der Waals surface area contributed by atoms with Crippen molar-refractivity contribution in [2.45, 2.75) is 12.5 Å². The number of rotatable bonds is 7. The molecule has 4 rings (SSSR count). The van der Waals surface area contributed by atoms with E-state index in [1.807, 2.05) is 59.5 Å². The third-order valence-electron chi connectivity index (χ3n) is 5.59. The van der Waals surface area contributed by atoms with Crippen molar-refractivity contribution in [3.05, 3.63) is 60.2 Å². The Bertz CT molecular complexity index is 793. The van der Waals surface area contributed by atoms with Crippen molar-refractivity contribution in [1.29, 1.82) is 0 Å². The predicted molar refractivity (Wildman–Crippen MR) is 113 cm³/mol. The number of nitrogens with zero attached hydrogens (tertiary/aromatic N) is 2. The maximum absolute atomic E-state index is 13.1. The average Bonchev–Trinajstić information content (AvgIpc) is 3.28. The maximum Gasteiger partial charge on any atom is 0.257 e. The molecule has 1 unspecified atom stereocenters. The van der Waals surface area contributed by atoms with Gasteiger partial charge in [0.1, 0.15) is 24.7 Å². The van der Waals surface area contributed by atoms with Gasteiger partial charge in [-0.2, -0.15) is 0 Å². The molecule has 1 amide bonds. The molecule has 2 aliphatic rings. The van der Waals surface area contributed by atoms with Crippen LogP contribution in [0.2, 0.25) is 0 Å². The molecule has 0 saturated carbocycles. The minimum atomic E-state index is 0.0576. The predicted octanol–water partition coefficient (Wildman–Crippen LogP) is 2.26. The van der Waals surface area contributed by atoms with Crippen LogP contribution in [0.1, 0.15) is 16.8 Å². The number of benzene rings is 2. The number of hydrogen-bond donors (Lipinski definition) is 1. The molecule has 0 spiro atoms. The van der Waals surface area contributed by atoms with E-state index in [0.717, 1.165) is 51.4 Å². The number of para-hydroxylation sites is 2. The van der Waals surface area contributed by atoms with E-state index in [2.05, 4.69) is 10.2 Å². The highest BCUT2D eigenvalue weighted by atomic mass is 16.5. The summed E-state index contributed by atoms with van der Waals surface area (Å²) in [5.41, 5.74) is 0.633. The highest BCUT2D eigenvalue weighted by Gasteiger charge is 2.32. The van der Waals surface area contributed by atoms with Gasteiger partial charge in [-0.1, -0.05) is 30.3 Å². The molecule has 0 bridgehead atoms. The molecular weight excluding hydrogens is 366 g/mol. The number of piperazine rings is 1. The molecular formula is C23H29N3O3. The third-order valence-corrected chi connectivity index (χ3v) is 5.59. The molecule has 29 heavy (non-hydrogen) atoms. The molecule has 6 heteroatoms. The van der Waals surface area contributed by atoms with Crippen molar-refractivity contribution < 1.29 is 14.3 Å². The second-order valence-corrected chi connectivity index (χ2v) is 7.49. The Hall–Kier alpha value is -2.57. The van der Waals surface area contributed by atoms with Crippen LogP contribution in [0, 0.1) is 0 Å². The fourth-order valence-electron chi connectivity index (χ4n) is 4.04. The number of hydrogen-bond acceptors (Lipinski definition) is 5. The molecule has 2 aromatic carbocycles. The summed E-state index contributed by atoms with van der Waals surface area (Å²) in [6, 6.07) is 17.6. The Balaban J connectivity index is 1.32. The molecule has 154 valence electrons. The molecule has 0 radical (unpaired) electrons. The second-order valence-electron chi connectivity index (χ2n) is 7.49. The summed E-state index contributed by atoms with van der Waals surface area (Å²) < 4.78 is 11.6. The summed E-state index contributed by atoms with van der Waals surface area (Å²) >= 11 is 0. The summed E-state index contributed by atoms with van der Waals surface area (Å²) in [7, 11) is 0. The van der Waals surface area contributed by atoms with Crippen LogP contribution in [0.4, 0.5) is 0 Å². The SMILES string of the molecule is O=C(c1ccccc1OCCOc1ccccc1)N1CCC(N2CCNCC2)C1. The van der Waals surface area contributed by atoms with E-state index in [-0.39, 0.29) is 5.91 Å². The lowest BCUT2D eigenvalue weighted by Crippen LogP contribution is -2.49. The molecule has 0 aliphatic carbocycles. The van der Waals surface area contributed by atoms with Gasteiger partial charge in [-0.05, 0) is 30.7 Å². The highest BCUT2D eigenvalue weighted by molar-refractivity contribution is 5.97. The van der Waals surface area contributed by atoms with Gasteiger partial charge in [0, 0.05) is 45.3 Å². The molecule has 2 aromatic rings. The molecule has 2 aliphatic heterocycles. The van der Waals surface area contributed by atoms with Crippen molar-refractivity contribution in [2.24, 2.45) is 0 Å². The van der Waals surface area contributed by atoms with Crippen LogP contribution in [0.15, 0.2) is 54.6 Å². The van der Waals surface area contributed by atoms with E-state index in [0.29, 0.717) is 30.6 Å². The van der Waals surface area contributed by atoms with Gasteiger partial charge in [-0.25, -0.2) is 0 Å². The average molecular weight is 396 g/mol. The van der Waals surface area contributed by atoms with Gasteiger partial charge in [-0.3, -0.25) is 9.69 Å². The van der Waals surface area contributed by atoms with Crippen molar-refractivity contribution in [1.82, 2.24) is 15.1 Å². The van der Waals surface area contributed by atoms with Crippen LogP contribution in [0.5, 0.6) is 11.5 Å².